The lowest BCUT2D eigenvalue weighted by Crippen LogP contribution is -2.36. The normalized spacial score (nSPS) is 12.5. The third-order valence-electron chi connectivity index (χ3n) is 3.82. The molecule has 2 rings (SSSR count). The van der Waals surface area contributed by atoms with Gasteiger partial charge in [-0.1, -0.05) is 60.7 Å². The molecular formula is C19H26N2. The Bertz CT molecular complexity index is 448. The summed E-state index contributed by atoms with van der Waals surface area (Å²) in [6.07, 6.45) is 3.19. The predicted octanol–water partition coefficient (Wildman–Crippen LogP) is 3.12. The molecule has 0 aliphatic heterocycles. The fraction of sp³-hybridized carbons (Fsp3) is 0.368. The molecule has 0 bridgehead atoms. The van der Waals surface area contributed by atoms with E-state index in [-0.39, 0.29) is 6.04 Å². The van der Waals surface area contributed by atoms with E-state index in [4.69, 9.17) is 5.73 Å². The molecular weight excluding hydrogens is 256 g/mol. The van der Waals surface area contributed by atoms with Crippen LogP contribution in [0.25, 0.3) is 0 Å². The fourth-order valence-corrected chi connectivity index (χ4v) is 2.54. The van der Waals surface area contributed by atoms with Gasteiger partial charge in [0.15, 0.2) is 0 Å². The Morgan fingerprint density at radius 3 is 1.95 bits per heavy atom. The van der Waals surface area contributed by atoms with Gasteiger partial charge >= 0.3 is 0 Å². The number of hydrogen-bond donors (Lipinski definition) is 1. The lowest BCUT2D eigenvalue weighted by Gasteiger charge is -2.21. The minimum Gasteiger partial charge on any atom is -0.327 e. The predicted molar refractivity (Wildman–Crippen MR) is 90.4 cm³/mol. The van der Waals surface area contributed by atoms with Crippen LogP contribution in [0.1, 0.15) is 17.5 Å². The summed E-state index contributed by atoms with van der Waals surface area (Å²) in [7, 11) is 2.16. The molecule has 0 aromatic heterocycles. The van der Waals surface area contributed by atoms with E-state index in [2.05, 4.69) is 72.6 Å². The molecule has 0 radical (unpaired) electrons. The first kappa shape index (κ1) is 15.7. The standard InChI is InChI=1S/C19H26N2/c1-21(15-14-18-10-6-3-7-11-18)16-19(20)13-12-17-8-4-2-5-9-17/h2-11,19H,12-16,20H2,1H3. The Hall–Kier alpha value is -1.64. The van der Waals surface area contributed by atoms with Crippen LogP contribution in [-0.4, -0.2) is 31.1 Å². The van der Waals surface area contributed by atoms with Gasteiger partial charge in [-0.3, -0.25) is 0 Å². The first-order valence-corrected chi connectivity index (χ1v) is 7.76. The van der Waals surface area contributed by atoms with Gasteiger partial charge in [-0.05, 0) is 37.4 Å². The number of hydrogen-bond acceptors (Lipinski definition) is 2. The molecule has 2 N–H and O–H groups in total. The quantitative estimate of drug-likeness (QED) is 0.806. The topological polar surface area (TPSA) is 29.3 Å². The van der Waals surface area contributed by atoms with Gasteiger partial charge in [-0.25, -0.2) is 0 Å². The number of likely N-dealkylation sites (N-methyl/N-ethyl adjacent to an activating group) is 1. The highest BCUT2D eigenvalue weighted by Crippen LogP contribution is 2.05. The van der Waals surface area contributed by atoms with Crippen molar-refractivity contribution in [3.8, 4) is 0 Å². The lowest BCUT2D eigenvalue weighted by molar-refractivity contribution is 0.308. The maximum atomic E-state index is 6.25. The van der Waals surface area contributed by atoms with Gasteiger partial charge in [0.1, 0.15) is 0 Å². The van der Waals surface area contributed by atoms with Gasteiger partial charge in [-0.2, -0.15) is 0 Å². The lowest BCUT2D eigenvalue weighted by atomic mass is 10.1. The summed E-state index contributed by atoms with van der Waals surface area (Å²) in [5.74, 6) is 0. The van der Waals surface area contributed by atoms with Gasteiger partial charge in [0.25, 0.3) is 0 Å². The summed E-state index contributed by atoms with van der Waals surface area (Å²) in [5.41, 5.74) is 9.02. The number of aryl methyl sites for hydroxylation is 1. The second-order valence-corrected chi connectivity index (χ2v) is 5.78. The van der Waals surface area contributed by atoms with E-state index in [0.717, 1.165) is 32.4 Å². The van der Waals surface area contributed by atoms with Crippen molar-refractivity contribution in [1.29, 1.82) is 0 Å². The van der Waals surface area contributed by atoms with Crippen LogP contribution in [0.5, 0.6) is 0 Å². The molecule has 0 amide bonds. The molecule has 1 atom stereocenters. The molecule has 0 saturated carbocycles. The summed E-state index contributed by atoms with van der Waals surface area (Å²) in [4.78, 5) is 2.34. The van der Waals surface area contributed by atoms with Crippen molar-refractivity contribution in [2.24, 2.45) is 5.73 Å². The highest BCUT2D eigenvalue weighted by molar-refractivity contribution is 5.15. The molecule has 0 saturated heterocycles. The zero-order valence-corrected chi connectivity index (χ0v) is 12.9. The third-order valence-corrected chi connectivity index (χ3v) is 3.82. The number of nitrogens with zero attached hydrogens (tertiary/aromatic N) is 1. The van der Waals surface area contributed by atoms with Gasteiger partial charge in [0.2, 0.25) is 0 Å². The number of rotatable bonds is 8. The smallest absolute Gasteiger partial charge is 0.0170 e. The Morgan fingerprint density at radius 1 is 0.857 bits per heavy atom. The molecule has 112 valence electrons. The average molecular weight is 282 g/mol. The Balaban J connectivity index is 1.66. The van der Waals surface area contributed by atoms with E-state index < -0.39 is 0 Å². The molecule has 21 heavy (non-hydrogen) atoms. The van der Waals surface area contributed by atoms with E-state index in [1.54, 1.807) is 0 Å². The molecule has 2 heteroatoms. The van der Waals surface area contributed by atoms with E-state index >= 15 is 0 Å². The van der Waals surface area contributed by atoms with Crippen molar-refractivity contribution < 1.29 is 0 Å². The molecule has 0 heterocycles. The highest BCUT2D eigenvalue weighted by Gasteiger charge is 2.07. The Morgan fingerprint density at radius 2 is 1.38 bits per heavy atom. The van der Waals surface area contributed by atoms with Crippen LogP contribution in [0.4, 0.5) is 0 Å². The zero-order valence-electron chi connectivity index (χ0n) is 12.9. The molecule has 2 nitrogen and oxygen atoms in total. The second-order valence-electron chi connectivity index (χ2n) is 5.78. The van der Waals surface area contributed by atoms with E-state index in [0.29, 0.717) is 0 Å². The third kappa shape index (κ3) is 6.11. The average Bonchev–Trinajstić information content (AvgIpc) is 2.53. The minimum absolute atomic E-state index is 0.242. The number of benzene rings is 2. The Kier molecular flexibility index (Phi) is 6.45. The van der Waals surface area contributed by atoms with Crippen molar-refractivity contribution in [2.45, 2.75) is 25.3 Å². The largest absolute Gasteiger partial charge is 0.327 e. The summed E-state index contributed by atoms with van der Waals surface area (Å²) < 4.78 is 0. The Labute approximate surface area is 128 Å². The highest BCUT2D eigenvalue weighted by atomic mass is 15.1. The van der Waals surface area contributed by atoms with Crippen LogP contribution in [0.3, 0.4) is 0 Å². The molecule has 2 aromatic rings. The molecule has 0 aliphatic rings. The first-order valence-electron chi connectivity index (χ1n) is 7.76. The summed E-state index contributed by atoms with van der Waals surface area (Å²) in [6.45, 7) is 2.02. The van der Waals surface area contributed by atoms with Crippen molar-refractivity contribution in [3.63, 3.8) is 0 Å². The second kappa shape index (κ2) is 8.60. The first-order chi connectivity index (χ1) is 10.2. The van der Waals surface area contributed by atoms with Crippen molar-refractivity contribution in [3.05, 3.63) is 71.8 Å². The van der Waals surface area contributed by atoms with Crippen molar-refractivity contribution >= 4 is 0 Å². The van der Waals surface area contributed by atoms with Crippen LogP contribution in [0.15, 0.2) is 60.7 Å². The van der Waals surface area contributed by atoms with Gasteiger partial charge < -0.3 is 10.6 Å². The van der Waals surface area contributed by atoms with Crippen LogP contribution >= 0.6 is 0 Å². The van der Waals surface area contributed by atoms with E-state index in [1.165, 1.54) is 11.1 Å². The zero-order chi connectivity index (χ0) is 14.9. The van der Waals surface area contributed by atoms with Gasteiger partial charge in [-0.15, -0.1) is 0 Å². The van der Waals surface area contributed by atoms with Crippen LogP contribution < -0.4 is 5.73 Å². The van der Waals surface area contributed by atoms with Crippen molar-refractivity contribution in [1.82, 2.24) is 4.90 Å². The van der Waals surface area contributed by atoms with Gasteiger partial charge in [0.05, 0.1) is 0 Å². The molecule has 0 aliphatic carbocycles. The van der Waals surface area contributed by atoms with E-state index in [1.807, 2.05) is 0 Å². The minimum atomic E-state index is 0.242. The maximum Gasteiger partial charge on any atom is 0.0170 e. The molecule has 1 unspecified atom stereocenters. The monoisotopic (exact) mass is 282 g/mol. The van der Waals surface area contributed by atoms with Crippen molar-refractivity contribution in [2.75, 3.05) is 20.1 Å². The molecule has 0 spiro atoms. The van der Waals surface area contributed by atoms with Crippen LogP contribution in [0, 0.1) is 0 Å². The van der Waals surface area contributed by atoms with E-state index in [9.17, 15) is 0 Å². The number of nitrogens with two attached hydrogens (primary N) is 1. The summed E-state index contributed by atoms with van der Waals surface area (Å²) in [5, 5.41) is 0. The van der Waals surface area contributed by atoms with Crippen LogP contribution in [-0.2, 0) is 12.8 Å². The van der Waals surface area contributed by atoms with Gasteiger partial charge in [0, 0.05) is 19.1 Å². The van der Waals surface area contributed by atoms with Crippen LogP contribution in [0.2, 0.25) is 0 Å². The summed E-state index contributed by atoms with van der Waals surface area (Å²) >= 11 is 0. The summed E-state index contributed by atoms with van der Waals surface area (Å²) in [6, 6.07) is 21.4. The maximum absolute atomic E-state index is 6.25. The molecule has 0 fully saturated rings. The molecule has 2 aromatic carbocycles. The fourth-order valence-electron chi connectivity index (χ4n) is 2.54. The SMILES string of the molecule is CN(CCc1ccccc1)CC(N)CCc1ccccc1.